The SMILES string of the molecule is CCCCCC(=O)Oc1ccc2cc(-c3ccc(C#N)cc3)ccc2c1. The third-order valence-corrected chi connectivity index (χ3v) is 4.38. The van der Waals surface area contributed by atoms with Gasteiger partial charge in [-0.3, -0.25) is 4.79 Å². The summed E-state index contributed by atoms with van der Waals surface area (Å²) in [6.07, 6.45) is 3.47. The quantitative estimate of drug-likeness (QED) is 0.320. The lowest BCUT2D eigenvalue weighted by molar-refractivity contribution is -0.134. The molecule has 0 unspecified atom stereocenters. The molecule has 3 heteroatoms. The van der Waals surface area contributed by atoms with Gasteiger partial charge in [-0.1, -0.05) is 50.1 Å². The second-order valence-corrected chi connectivity index (χ2v) is 6.34. The van der Waals surface area contributed by atoms with E-state index in [1.807, 2.05) is 54.6 Å². The molecule has 0 aromatic heterocycles. The minimum atomic E-state index is -0.174. The van der Waals surface area contributed by atoms with Gasteiger partial charge in [0.2, 0.25) is 0 Å². The largest absolute Gasteiger partial charge is 0.427 e. The summed E-state index contributed by atoms with van der Waals surface area (Å²) in [5.41, 5.74) is 2.81. The van der Waals surface area contributed by atoms with Gasteiger partial charge in [0.15, 0.2) is 0 Å². The highest BCUT2D eigenvalue weighted by Crippen LogP contribution is 2.27. The summed E-state index contributed by atoms with van der Waals surface area (Å²) >= 11 is 0. The van der Waals surface area contributed by atoms with Crippen molar-refractivity contribution in [3.8, 4) is 22.9 Å². The second-order valence-electron chi connectivity index (χ2n) is 6.34. The molecule has 26 heavy (non-hydrogen) atoms. The van der Waals surface area contributed by atoms with Crippen molar-refractivity contribution in [2.24, 2.45) is 0 Å². The zero-order valence-electron chi connectivity index (χ0n) is 14.9. The number of hydrogen-bond donors (Lipinski definition) is 0. The summed E-state index contributed by atoms with van der Waals surface area (Å²) in [5, 5.41) is 11.0. The fraction of sp³-hybridized carbons (Fsp3) is 0.217. The molecule has 0 atom stereocenters. The Morgan fingerprint density at radius 1 is 0.923 bits per heavy atom. The summed E-state index contributed by atoms with van der Waals surface area (Å²) in [5.74, 6) is 0.414. The number of benzene rings is 3. The molecule has 0 amide bonds. The van der Waals surface area contributed by atoms with E-state index in [1.165, 1.54) is 0 Å². The lowest BCUT2D eigenvalue weighted by Crippen LogP contribution is -2.07. The van der Waals surface area contributed by atoms with Crippen molar-refractivity contribution in [3.05, 3.63) is 66.2 Å². The maximum atomic E-state index is 11.9. The molecule has 0 N–H and O–H groups in total. The number of carbonyl (C=O) groups is 1. The maximum Gasteiger partial charge on any atom is 0.311 e. The molecule has 0 saturated carbocycles. The van der Waals surface area contributed by atoms with Crippen LogP contribution in [0, 0.1) is 11.3 Å². The Labute approximate surface area is 153 Å². The molecule has 3 rings (SSSR count). The Bertz CT molecular complexity index is 952. The Kier molecular flexibility index (Phi) is 5.66. The van der Waals surface area contributed by atoms with Crippen LogP contribution >= 0.6 is 0 Å². The van der Waals surface area contributed by atoms with Crippen molar-refractivity contribution in [3.63, 3.8) is 0 Å². The smallest absolute Gasteiger partial charge is 0.311 e. The van der Waals surface area contributed by atoms with Crippen molar-refractivity contribution >= 4 is 16.7 Å². The number of hydrogen-bond acceptors (Lipinski definition) is 3. The van der Waals surface area contributed by atoms with Gasteiger partial charge in [0, 0.05) is 6.42 Å². The minimum Gasteiger partial charge on any atom is -0.427 e. The zero-order chi connectivity index (χ0) is 18.4. The lowest BCUT2D eigenvalue weighted by atomic mass is 10.0. The number of ether oxygens (including phenoxy) is 1. The highest BCUT2D eigenvalue weighted by molar-refractivity contribution is 5.89. The van der Waals surface area contributed by atoms with Crippen LogP contribution in [-0.4, -0.2) is 5.97 Å². The number of rotatable bonds is 6. The maximum absolute atomic E-state index is 11.9. The first-order chi connectivity index (χ1) is 12.7. The monoisotopic (exact) mass is 343 g/mol. The summed E-state index contributed by atoms with van der Waals surface area (Å²) in [6, 6.07) is 21.5. The minimum absolute atomic E-state index is 0.174. The summed E-state index contributed by atoms with van der Waals surface area (Å²) in [4.78, 5) is 11.9. The van der Waals surface area contributed by atoms with E-state index in [-0.39, 0.29) is 5.97 Å². The van der Waals surface area contributed by atoms with Gasteiger partial charge < -0.3 is 4.74 Å². The van der Waals surface area contributed by atoms with Crippen LogP contribution < -0.4 is 4.74 Å². The lowest BCUT2D eigenvalue weighted by Gasteiger charge is -2.08. The van der Waals surface area contributed by atoms with Crippen LogP contribution in [0.25, 0.3) is 21.9 Å². The molecule has 0 radical (unpaired) electrons. The average molecular weight is 343 g/mol. The van der Waals surface area contributed by atoms with E-state index in [9.17, 15) is 4.79 Å². The van der Waals surface area contributed by atoms with E-state index in [0.29, 0.717) is 17.7 Å². The van der Waals surface area contributed by atoms with Gasteiger partial charge >= 0.3 is 5.97 Å². The number of nitrogens with zero attached hydrogens (tertiary/aromatic N) is 1. The first kappa shape index (κ1) is 17.7. The van der Waals surface area contributed by atoms with Gasteiger partial charge in [-0.15, -0.1) is 0 Å². The van der Waals surface area contributed by atoms with Crippen molar-refractivity contribution < 1.29 is 9.53 Å². The Hall–Kier alpha value is -3.12. The molecule has 3 aromatic rings. The van der Waals surface area contributed by atoms with Crippen LogP contribution in [0.15, 0.2) is 60.7 Å². The van der Waals surface area contributed by atoms with E-state index in [4.69, 9.17) is 10.00 Å². The first-order valence-corrected chi connectivity index (χ1v) is 8.94. The van der Waals surface area contributed by atoms with Crippen molar-refractivity contribution in [1.29, 1.82) is 5.26 Å². The molecule has 0 heterocycles. The topological polar surface area (TPSA) is 50.1 Å². The normalized spacial score (nSPS) is 10.5. The summed E-state index contributed by atoms with van der Waals surface area (Å²) < 4.78 is 5.44. The first-order valence-electron chi connectivity index (χ1n) is 8.94. The Morgan fingerprint density at radius 3 is 2.35 bits per heavy atom. The molecule has 3 nitrogen and oxygen atoms in total. The molecular weight excluding hydrogens is 322 g/mol. The third kappa shape index (κ3) is 4.29. The highest BCUT2D eigenvalue weighted by atomic mass is 16.5. The van der Waals surface area contributed by atoms with Crippen LogP contribution in [0.5, 0.6) is 5.75 Å². The van der Waals surface area contributed by atoms with Crippen LogP contribution in [-0.2, 0) is 4.79 Å². The number of esters is 1. The van der Waals surface area contributed by atoms with Gasteiger partial charge in [0.1, 0.15) is 5.75 Å². The van der Waals surface area contributed by atoms with Crippen molar-refractivity contribution in [1.82, 2.24) is 0 Å². The number of nitriles is 1. The third-order valence-electron chi connectivity index (χ3n) is 4.38. The molecule has 0 fully saturated rings. The van der Waals surface area contributed by atoms with E-state index in [1.54, 1.807) is 0 Å². The average Bonchev–Trinajstić information content (AvgIpc) is 2.68. The number of fused-ring (bicyclic) bond motifs is 1. The molecule has 3 aromatic carbocycles. The molecule has 0 aliphatic rings. The van der Waals surface area contributed by atoms with Crippen molar-refractivity contribution in [2.75, 3.05) is 0 Å². The van der Waals surface area contributed by atoms with Crippen LogP contribution in [0.1, 0.15) is 38.2 Å². The summed E-state index contributed by atoms with van der Waals surface area (Å²) in [6.45, 7) is 2.11. The fourth-order valence-electron chi connectivity index (χ4n) is 2.91. The van der Waals surface area contributed by atoms with Crippen LogP contribution in [0.2, 0.25) is 0 Å². The number of carbonyl (C=O) groups excluding carboxylic acids is 1. The molecular formula is C23H21NO2. The predicted molar refractivity (Wildman–Crippen MR) is 104 cm³/mol. The number of unbranched alkanes of at least 4 members (excludes halogenated alkanes) is 2. The van der Waals surface area contributed by atoms with Gasteiger partial charge in [0.05, 0.1) is 11.6 Å². The van der Waals surface area contributed by atoms with E-state index < -0.39 is 0 Å². The molecule has 0 aliphatic heterocycles. The van der Waals surface area contributed by atoms with Crippen LogP contribution in [0.3, 0.4) is 0 Å². The van der Waals surface area contributed by atoms with Gasteiger partial charge in [-0.2, -0.15) is 5.26 Å². The van der Waals surface area contributed by atoms with E-state index >= 15 is 0 Å². The predicted octanol–water partition coefficient (Wildman–Crippen LogP) is 5.86. The Morgan fingerprint density at radius 2 is 1.62 bits per heavy atom. The summed E-state index contributed by atoms with van der Waals surface area (Å²) in [7, 11) is 0. The molecule has 130 valence electrons. The van der Waals surface area contributed by atoms with Crippen molar-refractivity contribution in [2.45, 2.75) is 32.6 Å². The molecule has 0 spiro atoms. The fourth-order valence-corrected chi connectivity index (χ4v) is 2.91. The van der Waals surface area contributed by atoms with Gasteiger partial charge in [-0.25, -0.2) is 0 Å². The van der Waals surface area contributed by atoms with Crippen LogP contribution in [0.4, 0.5) is 0 Å². The Balaban J connectivity index is 1.77. The standard InChI is InChI=1S/C23H21NO2/c1-2-3-4-5-23(25)26-22-13-12-20-14-19(10-11-21(20)15-22)18-8-6-17(16-24)7-9-18/h6-15H,2-5H2,1H3. The molecule has 0 aliphatic carbocycles. The molecule has 0 bridgehead atoms. The second kappa shape index (κ2) is 8.31. The highest BCUT2D eigenvalue weighted by Gasteiger charge is 2.06. The van der Waals surface area contributed by atoms with Gasteiger partial charge in [-0.05, 0) is 58.7 Å². The van der Waals surface area contributed by atoms with E-state index in [2.05, 4.69) is 19.1 Å². The zero-order valence-corrected chi connectivity index (χ0v) is 14.9. The van der Waals surface area contributed by atoms with E-state index in [0.717, 1.165) is 41.2 Å². The van der Waals surface area contributed by atoms with Gasteiger partial charge in [0.25, 0.3) is 0 Å². The molecule has 0 saturated heterocycles.